The van der Waals surface area contributed by atoms with Gasteiger partial charge in [-0.05, 0) is 50.1 Å². The van der Waals surface area contributed by atoms with Gasteiger partial charge in [-0.15, -0.1) is 0 Å². The summed E-state index contributed by atoms with van der Waals surface area (Å²) in [6.07, 6.45) is 0.344. The number of benzene rings is 2. The standard InChI is InChI=1S/C23H26N6O2/c1-4-20-14-31-23(30)29(20)22-26-16(3)25-21(28-22)24-15(2)17-10-12-19(13-11-17)27-18-8-6-5-7-9-18/h5-13,15,20,27H,4,14H2,1-3H3,(H,24,25,26,28)/t15-,20-/m0/s1. The highest BCUT2D eigenvalue weighted by molar-refractivity contribution is 5.88. The van der Waals surface area contributed by atoms with Gasteiger partial charge in [0.05, 0.1) is 12.1 Å². The summed E-state index contributed by atoms with van der Waals surface area (Å²) in [6, 6.07) is 18.1. The lowest BCUT2D eigenvalue weighted by Crippen LogP contribution is -2.34. The number of para-hydroxylation sites is 1. The molecule has 0 spiro atoms. The summed E-state index contributed by atoms with van der Waals surface area (Å²) in [5, 5.41) is 6.70. The topological polar surface area (TPSA) is 92.3 Å². The molecule has 0 radical (unpaired) electrons. The molecule has 1 aromatic heterocycles. The summed E-state index contributed by atoms with van der Waals surface area (Å²) >= 11 is 0. The van der Waals surface area contributed by atoms with Crippen molar-refractivity contribution < 1.29 is 9.53 Å². The van der Waals surface area contributed by atoms with Crippen molar-refractivity contribution in [1.29, 1.82) is 0 Å². The molecule has 0 saturated carbocycles. The van der Waals surface area contributed by atoms with Crippen molar-refractivity contribution in [3.05, 3.63) is 66.0 Å². The van der Waals surface area contributed by atoms with Gasteiger partial charge in [0.25, 0.3) is 0 Å². The molecule has 0 aliphatic carbocycles. The van der Waals surface area contributed by atoms with E-state index in [1.54, 1.807) is 6.92 Å². The average molecular weight is 419 g/mol. The predicted octanol–water partition coefficient (Wildman–Crippen LogP) is 4.83. The first kappa shape index (κ1) is 20.6. The molecule has 0 bridgehead atoms. The second-order valence-electron chi connectivity index (χ2n) is 7.49. The molecule has 1 saturated heterocycles. The number of nitrogens with one attached hydrogen (secondary N) is 2. The van der Waals surface area contributed by atoms with Crippen LogP contribution in [0, 0.1) is 6.92 Å². The van der Waals surface area contributed by atoms with Crippen molar-refractivity contribution in [1.82, 2.24) is 15.0 Å². The second kappa shape index (κ2) is 8.99. The lowest BCUT2D eigenvalue weighted by atomic mass is 10.1. The molecule has 2 aromatic carbocycles. The lowest BCUT2D eigenvalue weighted by molar-refractivity contribution is 0.178. The molecular weight excluding hydrogens is 392 g/mol. The normalized spacial score (nSPS) is 16.7. The monoisotopic (exact) mass is 418 g/mol. The first-order valence-electron chi connectivity index (χ1n) is 10.4. The summed E-state index contributed by atoms with van der Waals surface area (Å²) in [5.74, 6) is 1.28. The Morgan fingerprint density at radius 3 is 2.48 bits per heavy atom. The van der Waals surface area contributed by atoms with Gasteiger partial charge < -0.3 is 15.4 Å². The van der Waals surface area contributed by atoms with Crippen LogP contribution in [0.4, 0.5) is 28.1 Å². The minimum absolute atomic E-state index is 0.0343. The van der Waals surface area contributed by atoms with Crippen LogP contribution >= 0.6 is 0 Å². The molecule has 8 nitrogen and oxygen atoms in total. The number of aromatic nitrogens is 3. The maximum Gasteiger partial charge on any atom is 0.417 e. The second-order valence-corrected chi connectivity index (χ2v) is 7.49. The number of hydrogen-bond acceptors (Lipinski definition) is 7. The van der Waals surface area contributed by atoms with Crippen LogP contribution in [0.15, 0.2) is 54.6 Å². The molecule has 3 aromatic rings. The molecule has 1 amide bonds. The van der Waals surface area contributed by atoms with Gasteiger partial charge in [0, 0.05) is 11.4 Å². The van der Waals surface area contributed by atoms with Crippen LogP contribution in [-0.2, 0) is 4.74 Å². The number of carbonyl (C=O) groups excluding carboxylic acids is 1. The van der Waals surface area contributed by atoms with Crippen molar-refractivity contribution in [3.8, 4) is 0 Å². The average Bonchev–Trinajstić information content (AvgIpc) is 3.15. The number of anilines is 4. The third-order valence-electron chi connectivity index (χ3n) is 5.20. The summed E-state index contributed by atoms with van der Waals surface area (Å²) in [7, 11) is 0. The summed E-state index contributed by atoms with van der Waals surface area (Å²) in [6.45, 7) is 6.18. The third kappa shape index (κ3) is 4.74. The van der Waals surface area contributed by atoms with E-state index in [1.807, 2.05) is 56.3 Å². The van der Waals surface area contributed by atoms with E-state index in [0.717, 1.165) is 23.4 Å². The number of carbonyl (C=O) groups is 1. The first-order chi connectivity index (χ1) is 15.0. The SMILES string of the molecule is CC[C@H]1COC(=O)N1c1nc(C)nc(N[C@@H](C)c2ccc(Nc3ccccc3)cc2)n1. The molecule has 8 heteroatoms. The van der Waals surface area contributed by atoms with E-state index >= 15 is 0 Å². The molecule has 4 rings (SSSR count). The van der Waals surface area contributed by atoms with Crippen molar-refractivity contribution in [3.63, 3.8) is 0 Å². The molecule has 160 valence electrons. The largest absolute Gasteiger partial charge is 0.447 e. The quantitative estimate of drug-likeness (QED) is 0.567. The fraction of sp³-hybridized carbons (Fsp3) is 0.304. The van der Waals surface area contributed by atoms with Gasteiger partial charge in [0.1, 0.15) is 12.4 Å². The molecule has 2 heterocycles. The fourth-order valence-electron chi connectivity index (χ4n) is 3.47. The van der Waals surface area contributed by atoms with Crippen molar-refractivity contribution in [2.75, 3.05) is 22.1 Å². The van der Waals surface area contributed by atoms with Gasteiger partial charge in [-0.1, -0.05) is 37.3 Å². The smallest absolute Gasteiger partial charge is 0.417 e. The molecule has 1 aliphatic heterocycles. The van der Waals surface area contributed by atoms with Crippen molar-refractivity contribution in [2.24, 2.45) is 0 Å². The van der Waals surface area contributed by atoms with Gasteiger partial charge in [0.15, 0.2) is 0 Å². The molecule has 1 aliphatic rings. The maximum absolute atomic E-state index is 12.2. The Bertz CT molecular complexity index is 1040. The number of rotatable bonds is 7. The minimum atomic E-state index is -0.419. The Labute approximate surface area is 181 Å². The number of amides is 1. The molecule has 0 unspecified atom stereocenters. The van der Waals surface area contributed by atoms with Crippen LogP contribution in [0.25, 0.3) is 0 Å². The van der Waals surface area contributed by atoms with Crippen LogP contribution < -0.4 is 15.5 Å². The number of ether oxygens (including phenoxy) is 1. The predicted molar refractivity (Wildman–Crippen MR) is 121 cm³/mol. The molecule has 1 fully saturated rings. The number of hydrogen-bond donors (Lipinski definition) is 2. The van der Waals surface area contributed by atoms with Crippen molar-refractivity contribution >= 4 is 29.4 Å². The van der Waals surface area contributed by atoms with Gasteiger partial charge in [-0.3, -0.25) is 0 Å². The Morgan fingerprint density at radius 2 is 1.77 bits per heavy atom. The fourth-order valence-corrected chi connectivity index (χ4v) is 3.47. The number of nitrogens with zero attached hydrogens (tertiary/aromatic N) is 4. The first-order valence-corrected chi connectivity index (χ1v) is 10.4. The van der Waals surface area contributed by atoms with E-state index in [1.165, 1.54) is 4.90 Å². The van der Waals surface area contributed by atoms with Crippen LogP contribution in [0.1, 0.15) is 37.7 Å². The Hall–Kier alpha value is -3.68. The summed E-state index contributed by atoms with van der Waals surface area (Å²) < 4.78 is 5.17. The third-order valence-corrected chi connectivity index (χ3v) is 5.20. The van der Waals surface area contributed by atoms with E-state index in [-0.39, 0.29) is 12.1 Å². The lowest BCUT2D eigenvalue weighted by Gasteiger charge is -2.20. The number of cyclic esters (lactones) is 1. The molecule has 2 N–H and O–H groups in total. The number of aryl methyl sites for hydroxylation is 1. The van der Waals surface area contributed by atoms with E-state index in [4.69, 9.17) is 4.74 Å². The van der Waals surface area contributed by atoms with Gasteiger partial charge in [-0.25, -0.2) is 9.69 Å². The van der Waals surface area contributed by atoms with E-state index in [0.29, 0.717) is 24.3 Å². The van der Waals surface area contributed by atoms with E-state index in [2.05, 4.69) is 37.7 Å². The zero-order valence-electron chi connectivity index (χ0n) is 17.9. The van der Waals surface area contributed by atoms with Gasteiger partial charge in [0.2, 0.25) is 11.9 Å². The zero-order chi connectivity index (χ0) is 21.8. The Kier molecular flexibility index (Phi) is 5.97. The summed E-state index contributed by atoms with van der Waals surface area (Å²) in [4.78, 5) is 26.9. The summed E-state index contributed by atoms with van der Waals surface area (Å²) in [5.41, 5.74) is 3.14. The zero-order valence-corrected chi connectivity index (χ0v) is 17.9. The van der Waals surface area contributed by atoms with Crippen molar-refractivity contribution in [2.45, 2.75) is 39.3 Å². The highest BCUT2D eigenvalue weighted by atomic mass is 16.6. The van der Waals surface area contributed by atoms with Crippen LogP contribution in [0.2, 0.25) is 0 Å². The van der Waals surface area contributed by atoms with E-state index < -0.39 is 6.09 Å². The van der Waals surface area contributed by atoms with E-state index in [9.17, 15) is 4.79 Å². The highest BCUT2D eigenvalue weighted by Gasteiger charge is 2.35. The van der Waals surface area contributed by atoms with Crippen LogP contribution in [-0.4, -0.2) is 33.7 Å². The van der Waals surface area contributed by atoms with Crippen LogP contribution in [0.5, 0.6) is 0 Å². The maximum atomic E-state index is 12.2. The highest BCUT2D eigenvalue weighted by Crippen LogP contribution is 2.25. The molecular formula is C23H26N6O2. The van der Waals surface area contributed by atoms with Crippen LogP contribution in [0.3, 0.4) is 0 Å². The molecule has 31 heavy (non-hydrogen) atoms. The van der Waals surface area contributed by atoms with Gasteiger partial charge >= 0.3 is 6.09 Å². The van der Waals surface area contributed by atoms with Gasteiger partial charge in [-0.2, -0.15) is 15.0 Å². The molecule has 2 atom stereocenters. The Morgan fingerprint density at radius 1 is 1.06 bits per heavy atom. The Balaban J connectivity index is 1.47. The minimum Gasteiger partial charge on any atom is -0.447 e.